The van der Waals surface area contributed by atoms with Crippen molar-refractivity contribution in [2.45, 2.75) is 4.90 Å². The number of carbonyl (C=O) groups is 2. The number of amides is 2. The SMILES string of the molecule is O=C(NCNc1ccc(S(=O)(=O)Nc2ncccn2)cc1)c1ccc(NC(=O)c2ccc([N+](=O)[O-])cc2)cc1. The van der Waals surface area contributed by atoms with Gasteiger partial charge in [-0.05, 0) is 66.7 Å². The van der Waals surface area contributed by atoms with Crippen molar-refractivity contribution in [2.75, 3.05) is 22.0 Å². The van der Waals surface area contributed by atoms with Crippen molar-refractivity contribution in [1.82, 2.24) is 15.3 Å². The number of rotatable bonds is 10. The van der Waals surface area contributed by atoms with Gasteiger partial charge in [-0.25, -0.2) is 23.1 Å². The van der Waals surface area contributed by atoms with Crippen molar-refractivity contribution < 1.29 is 22.9 Å². The third-order valence-electron chi connectivity index (χ3n) is 5.24. The van der Waals surface area contributed by atoms with Gasteiger partial charge in [-0.1, -0.05) is 0 Å². The smallest absolute Gasteiger partial charge is 0.269 e. The zero-order valence-electron chi connectivity index (χ0n) is 20.1. The minimum absolute atomic E-state index is 0.0188. The van der Waals surface area contributed by atoms with E-state index in [-0.39, 0.29) is 34.7 Å². The molecule has 0 fully saturated rings. The molecule has 0 radical (unpaired) electrons. The Balaban J connectivity index is 1.26. The molecule has 4 aromatic rings. The van der Waals surface area contributed by atoms with Crippen molar-refractivity contribution in [3.8, 4) is 0 Å². The predicted octanol–water partition coefficient (Wildman–Crippen LogP) is 3.24. The molecule has 0 aliphatic carbocycles. The first kappa shape index (κ1) is 26.7. The van der Waals surface area contributed by atoms with Crippen molar-refractivity contribution in [1.29, 1.82) is 0 Å². The maximum Gasteiger partial charge on any atom is 0.269 e. The summed E-state index contributed by atoms with van der Waals surface area (Å²) < 4.78 is 27.2. The number of hydrogen-bond acceptors (Lipinski definition) is 9. The van der Waals surface area contributed by atoms with Crippen LogP contribution in [-0.4, -0.2) is 41.8 Å². The fourth-order valence-electron chi connectivity index (χ4n) is 3.25. The standard InChI is InChI=1S/C25H21N7O6S/c33-23(17-2-6-20(7-3-17)30-24(34)18-4-10-21(11-5-18)32(35)36)29-16-28-19-8-12-22(13-9-19)39(37,38)31-25-26-14-1-15-27-25/h1-15,28H,16H2,(H,29,33)(H,30,34)(H,26,27,31). The minimum atomic E-state index is -3.86. The van der Waals surface area contributed by atoms with Gasteiger partial charge in [-0.2, -0.15) is 0 Å². The lowest BCUT2D eigenvalue weighted by atomic mass is 10.1. The molecule has 13 nitrogen and oxygen atoms in total. The van der Waals surface area contributed by atoms with E-state index in [1.807, 2.05) is 0 Å². The first-order valence-electron chi connectivity index (χ1n) is 11.3. The van der Waals surface area contributed by atoms with E-state index in [0.717, 1.165) is 0 Å². The number of nitrogens with zero attached hydrogens (tertiary/aromatic N) is 3. The Hall–Kier alpha value is -5.37. The van der Waals surface area contributed by atoms with Crippen LogP contribution in [0.25, 0.3) is 0 Å². The summed E-state index contributed by atoms with van der Waals surface area (Å²) in [6, 6.07) is 18.8. The maximum absolute atomic E-state index is 12.4. The molecule has 1 heterocycles. The van der Waals surface area contributed by atoms with Gasteiger partial charge in [-0.3, -0.25) is 19.7 Å². The van der Waals surface area contributed by atoms with Gasteiger partial charge in [0.1, 0.15) is 0 Å². The van der Waals surface area contributed by atoms with Crippen LogP contribution < -0.4 is 20.7 Å². The Morgan fingerprint density at radius 3 is 1.97 bits per heavy atom. The summed E-state index contributed by atoms with van der Waals surface area (Å²) in [6.07, 6.45) is 2.84. The first-order valence-corrected chi connectivity index (χ1v) is 12.8. The molecule has 0 bridgehead atoms. The quantitative estimate of drug-likeness (QED) is 0.131. The van der Waals surface area contributed by atoms with Gasteiger partial charge in [0.05, 0.1) is 16.5 Å². The average Bonchev–Trinajstić information content (AvgIpc) is 2.94. The van der Waals surface area contributed by atoms with Crippen LogP contribution in [-0.2, 0) is 10.0 Å². The number of non-ortho nitro benzene ring substituents is 1. The number of hydrogen-bond donors (Lipinski definition) is 4. The molecule has 39 heavy (non-hydrogen) atoms. The summed E-state index contributed by atoms with van der Waals surface area (Å²) in [4.78, 5) is 42.7. The molecule has 2 amide bonds. The average molecular weight is 548 g/mol. The van der Waals surface area contributed by atoms with Gasteiger partial charge in [0.15, 0.2) is 0 Å². The van der Waals surface area contributed by atoms with Gasteiger partial charge >= 0.3 is 0 Å². The Morgan fingerprint density at radius 2 is 1.36 bits per heavy atom. The van der Waals surface area contributed by atoms with Crippen LogP contribution in [0.3, 0.4) is 0 Å². The van der Waals surface area contributed by atoms with Gasteiger partial charge in [0.2, 0.25) is 5.95 Å². The van der Waals surface area contributed by atoms with Crippen molar-refractivity contribution in [3.05, 3.63) is 112 Å². The van der Waals surface area contributed by atoms with Crippen LogP contribution in [0.4, 0.5) is 23.0 Å². The van der Waals surface area contributed by atoms with Gasteiger partial charge in [-0.15, -0.1) is 0 Å². The number of aromatic nitrogens is 2. The fraction of sp³-hybridized carbons (Fsp3) is 0.0400. The highest BCUT2D eigenvalue weighted by Gasteiger charge is 2.15. The van der Waals surface area contributed by atoms with E-state index in [1.54, 1.807) is 30.3 Å². The molecule has 0 saturated carbocycles. The fourth-order valence-corrected chi connectivity index (χ4v) is 4.21. The zero-order valence-corrected chi connectivity index (χ0v) is 20.9. The van der Waals surface area contributed by atoms with Crippen LogP contribution >= 0.6 is 0 Å². The summed E-state index contributed by atoms with van der Waals surface area (Å²) in [5.41, 5.74) is 1.50. The number of benzene rings is 3. The topological polar surface area (TPSA) is 185 Å². The monoisotopic (exact) mass is 547 g/mol. The molecule has 4 N–H and O–H groups in total. The van der Waals surface area contributed by atoms with Crippen LogP contribution in [0.15, 0.2) is 96.2 Å². The highest BCUT2D eigenvalue weighted by Crippen LogP contribution is 2.17. The summed E-state index contributed by atoms with van der Waals surface area (Å²) in [7, 11) is -3.86. The molecule has 0 saturated heterocycles. The molecule has 0 aliphatic heterocycles. The molecule has 14 heteroatoms. The molecule has 3 aromatic carbocycles. The number of anilines is 3. The second-order valence-electron chi connectivity index (χ2n) is 7.90. The Morgan fingerprint density at radius 1 is 0.795 bits per heavy atom. The Labute approximate surface area is 222 Å². The van der Waals surface area contributed by atoms with E-state index < -0.39 is 20.9 Å². The normalized spacial score (nSPS) is 10.8. The Kier molecular flexibility index (Phi) is 8.06. The zero-order chi connectivity index (χ0) is 27.8. The van der Waals surface area contributed by atoms with E-state index >= 15 is 0 Å². The van der Waals surface area contributed by atoms with Crippen LogP contribution in [0.2, 0.25) is 0 Å². The molecule has 0 spiro atoms. The minimum Gasteiger partial charge on any atom is -0.368 e. The van der Waals surface area contributed by atoms with Crippen molar-refractivity contribution in [2.24, 2.45) is 0 Å². The first-order chi connectivity index (χ1) is 18.7. The molecular weight excluding hydrogens is 526 g/mol. The summed E-state index contributed by atoms with van der Waals surface area (Å²) >= 11 is 0. The van der Waals surface area contributed by atoms with E-state index in [0.29, 0.717) is 16.9 Å². The van der Waals surface area contributed by atoms with Gasteiger partial charge < -0.3 is 16.0 Å². The van der Waals surface area contributed by atoms with Gasteiger partial charge in [0, 0.05) is 47.0 Å². The van der Waals surface area contributed by atoms with Crippen molar-refractivity contribution >= 4 is 44.8 Å². The van der Waals surface area contributed by atoms with E-state index in [9.17, 15) is 28.1 Å². The molecule has 4 rings (SSSR count). The van der Waals surface area contributed by atoms with Crippen LogP contribution in [0, 0.1) is 10.1 Å². The summed E-state index contributed by atoms with van der Waals surface area (Å²) in [6.45, 7) is 0.0691. The van der Waals surface area contributed by atoms with E-state index in [2.05, 4.69) is 30.6 Å². The number of carbonyl (C=O) groups excluding carboxylic acids is 2. The lowest BCUT2D eigenvalue weighted by molar-refractivity contribution is -0.384. The summed E-state index contributed by atoms with van der Waals surface area (Å²) in [5.74, 6) is -0.862. The Bertz CT molecular complexity index is 1580. The molecule has 0 aliphatic rings. The van der Waals surface area contributed by atoms with E-state index in [1.165, 1.54) is 60.9 Å². The van der Waals surface area contributed by atoms with E-state index in [4.69, 9.17) is 0 Å². The number of nitrogens with one attached hydrogen (secondary N) is 4. The second kappa shape index (κ2) is 11.8. The van der Waals surface area contributed by atoms with Crippen LogP contribution in [0.1, 0.15) is 20.7 Å². The number of nitro groups is 1. The third-order valence-corrected chi connectivity index (χ3v) is 6.59. The lowest BCUT2D eigenvalue weighted by Gasteiger charge is -2.11. The largest absolute Gasteiger partial charge is 0.368 e. The predicted molar refractivity (Wildman–Crippen MR) is 143 cm³/mol. The molecule has 1 aromatic heterocycles. The highest BCUT2D eigenvalue weighted by molar-refractivity contribution is 7.92. The maximum atomic E-state index is 12.4. The molecular formula is C25H21N7O6S. The highest BCUT2D eigenvalue weighted by atomic mass is 32.2. The van der Waals surface area contributed by atoms with Crippen molar-refractivity contribution in [3.63, 3.8) is 0 Å². The third kappa shape index (κ3) is 7.11. The number of sulfonamides is 1. The molecule has 0 atom stereocenters. The second-order valence-corrected chi connectivity index (χ2v) is 9.58. The van der Waals surface area contributed by atoms with Gasteiger partial charge in [0.25, 0.3) is 27.5 Å². The van der Waals surface area contributed by atoms with Crippen LogP contribution in [0.5, 0.6) is 0 Å². The summed E-state index contributed by atoms with van der Waals surface area (Å²) in [5, 5.41) is 19.1. The molecule has 0 unspecified atom stereocenters. The number of nitro benzene ring substituents is 1. The molecule has 198 valence electrons. The lowest BCUT2D eigenvalue weighted by Crippen LogP contribution is -2.28.